The lowest BCUT2D eigenvalue weighted by Crippen LogP contribution is -2.48. The number of ether oxygens (including phenoxy) is 1. The summed E-state index contributed by atoms with van der Waals surface area (Å²) in [7, 11) is 1.22. The SMILES string of the molecule is COC(=O)C(C)(O)CN1CC(C(C)(C)C)CC1=O. The van der Waals surface area contributed by atoms with Gasteiger partial charge in [0, 0.05) is 13.0 Å². The second-order valence-electron chi connectivity index (χ2n) is 6.31. The molecule has 1 fully saturated rings. The molecular formula is C13H23NO4. The molecular weight excluding hydrogens is 234 g/mol. The Morgan fingerprint density at radius 3 is 2.39 bits per heavy atom. The van der Waals surface area contributed by atoms with Crippen LogP contribution in [-0.2, 0) is 14.3 Å². The van der Waals surface area contributed by atoms with Gasteiger partial charge in [-0.05, 0) is 18.3 Å². The maximum absolute atomic E-state index is 11.9. The smallest absolute Gasteiger partial charge is 0.339 e. The Morgan fingerprint density at radius 2 is 2.00 bits per heavy atom. The standard InChI is InChI=1S/C13H23NO4/c1-12(2,3)9-6-10(15)14(7-9)8-13(4,17)11(16)18-5/h9,17H,6-8H2,1-5H3. The molecule has 0 bridgehead atoms. The van der Waals surface area contributed by atoms with E-state index in [9.17, 15) is 14.7 Å². The summed E-state index contributed by atoms with van der Waals surface area (Å²) in [5.41, 5.74) is -1.60. The molecule has 1 rings (SSSR count). The summed E-state index contributed by atoms with van der Waals surface area (Å²) in [5, 5.41) is 9.98. The number of carbonyl (C=O) groups is 2. The van der Waals surface area contributed by atoms with Gasteiger partial charge in [-0.15, -0.1) is 0 Å². The minimum absolute atomic E-state index is 0.00884. The zero-order chi connectivity index (χ0) is 14.1. The van der Waals surface area contributed by atoms with E-state index in [0.717, 1.165) is 0 Å². The number of methoxy groups -OCH3 is 1. The van der Waals surface area contributed by atoms with Gasteiger partial charge in [0.25, 0.3) is 0 Å². The first-order chi connectivity index (χ1) is 8.08. The fraction of sp³-hybridized carbons (Fsp3) is 0.846. The third-order valence-corrected chi connectivity index (χ3v) is 3.56. The van der Waals surface area contributed by atoms with Crippen molar-refractivity contribution in [2.45, 2.75) is 39.7 Å². The number of nitrogens with zero attached hydrogens (tertiary/aromatic N) is 1. The zero-order valence-corrected chi connectivity index (χ0v) is 11.8. The van der Waals surface area contributed by atoms with E-state index < -0.39 is 11.6 Å². The number of rotatable bonds is 3. The quantitative estimate of drug-likeness (QED) is 0.760. The molecule has 1 amide bonds. The van der Waals surface area contributed by atoms with E-state index in [1.165, 1.54) is 14.0 Å². The summed E-state index contributed by atoms with van der Waals surface area (Å²) in [6.45, 7) is 8.21. The predicted molar refractivity (Wildman–Crippen MR) is 66.8 cm³/mol. The molecule has 0 radical (unpaired) electrons. The van der Waals surface area contributed by atoms with Crippen molar-refractivity contribution in [2.24, 2.45) is 11.3 Å². The Morgan fingerprint density at radius 1 is 1.44 bits per heavy atom. The molecule has 0 aromatic heterocycles. The van der Waals surface area contributed by atoms with Gasteiger partial charge in [0.1, 0.15) is 0 Å². The summed E-state index contributed by atoms with van der Waals surface area (Å²) >= 11 is 0. The molecule has 1 saturated heterocycles. The number of β-amino-alcohol motifs (C(OH)–C–C–N with tert-alkyl or cyclic N) is 1. The van der Waals surface area contributed by atoms with Crippen molar-refractivity contribution < 1.29 is 19.4 Å². The van der Waals surface area contributed by atoms with Gasteiger partial charge in [0.05, 0.1) is 13.7 Å². The van der Waals surface area contributed by atoms with Crippen molar-refractivity contribution in [3.05, 3.63) is 0 Å². The highest BCUT2D eigenvalue weighted by Gasteiger charge is 2.42. The maximum Gasteiger partial charge on any atom is 0.339 e. The number of esters is 1. The molecule has 0 saturated carbocycles. The third kappa shape index (κ3) is 3.22. The van der Waals surface area contributed by atoms with Gasteiger partial charge in [0.15, 0.2) is 5.60 Å². The van der Waals surface area contributed by atoms with E-state index in [1.807, 2.05) is 0 Å². The van der Waals surface area contributed by atoms with Crippen molar-refractivity contribution in [1.82, 2.24) is 4.90 Å². The molecule has 0 aromatic rings. The average molecular weight is 257 g/mol. The second-order valence-corrected chi connectivity index (χ2v) is 6.31. The van der Waals surface area contributed by atoms with E-state index in [0.29, 0.717) is 13.0 Å². The minimum Gasteiger partial charge on any atom is -0.467 e. The van der Waals surface area contributed by atoms with Crippen LogP contribution in [0.15, 0.2) is 0 Å². The average Bonchev–Trinajstić information content (AvgIpc) is 2.58. The van der Waals surface area contributed by atoms with Crippen molar-refractivity contribution in [2.75, 3.05) is 20.2 Å². The van der Waals surface area contributed by atoms with Crippen molar-refractivity contribution in [1.29, 1.82) is 0 Å². The largest absolute Gasteiger partial charge is 0.467 e. The van der Waals surface area contributed by atoms with Crippen molar-refractivity contribution >= 4 is 11.9 Å². The lowest BCUT2D eigenvalue weighted by Gasteiger charge is -2.29. The molecule has 1 aliphatic rings. The molecule has 1 N–H and O–H groups in total. The van der Waals surface area contributed by atoms with Crippen LogP contribution in [0.25, 0.3) is 0 Å². The highest BCUT2D eigenvalue weighted by Crippen LogP contribution is 2.34. The summed E-state index contributed by atoms with van der Waals surface area (Å²) < 4.78 is 4.53. The topological polar surface area (TPSA) is 66.8 Å². The van der Waals surface area contributed by atoms with Crippen molar-refractivity contribution in [3.8, 4) is 0 Å². The molecule has 0 aliphatic carbocycles. The Labute approximate surface area is 108 Å². The van der Waals surface area contributed by atoms with E-state index in [2.05, 4.69) is 25.5 Å². The Kier molecular flexibility index (Phi) is 4.05. The molecule has 2 unspecified atom stereocenters. The Balaban J connectivity index is 2.70. The molecule has 5 heteroatoms. The molecule has 0 aromatic carbocycles. The highest BCUT2D eigenvalue weighted by atomic mass is 16.5. The molecule has 1 heterocycles. The van der Waals surface area contributed by atoms with Gasteiger partial charge in [-0.1, -0.05) is 20.8 Å². The normalized spacial score (nSPS) is 24.0. The van der Waals surface area contributed by atoms with Crippen LogP contribution >= 0.6 is 0 Å². The summed E-state index contributed by atoms with van der Waals surface area (Å²) in [6.07, 6.45) is 0.473. The summed E-state index contributed by atoms with van der Waals surface area (Å²) in [6, 6.07) is 0. The summed E-state index contributed by atoms with van der Waals surface area (Å²) in [5.74, 6) is -0.480. The fourth-order valence-corrected chi connectivity index (χ4v) is 2.16. The number of carbonyl (C=O) groups excluding carboxylic acids is 2. The summed E-state index contributed by atoms with van der Waals surface area (Å²) in [4.78, 5) is 24.8. The van der Waals surface area contributed by atoms with Gasteiger partial charge in [-0.25, -0.2) is 4.79 Å². The number of aliphatic hydroxyl groups is 1. The predicted octanol–water partition coefficient (Wildman–Crippen LogP) is 0.805. The van der Waals surface area contributed by atoms with Crippen LogP contribution in [0.1, 0.15) is 34.1 Å². The Bertz CT molecular complexity index is 343. The number of amides is 1. The van der Waals surface area contributed by atoms with Crippen LogP contribution < -0.4 is 0 Å². The van der Waals surface area contributed by atoms with Gasteiger partial charge in [-0.3, -0.25) is 4.79 Å². The van der Waals surface area contributed by atoms with Gasteiger partial charge in [0.2, 0.25) is 5.91 Å². The van der Waals surface area contributed by atoms with Gasteiger partial charge in [-0.2, -0.15) is 0 Å². The number of hydrogen-bond donors (Lipinski definition) is 1. The first-order valence-electron chi connectivity index (χ1n) is 6.16. The lowest BCUT2D eigenvalue weighted by atomic mass is 9.80. The van der Waals surface area contributed by atoms with Crippen LogP contribution in [0.3, 0.4) is 0 Å². The van der Waals surface area contributed by atoms with Crippen LogP contribution in [0.5, 0.6) is 0 Å². The van der Waals surface area contributed by atoms with Crippen LogP contribution in [0, 0.1) is 11.3 Å². The van der Waals surface area contributed by atoms with Gasteiger partial charge >= 0.3 is 5.97 Å². The molecule has 104 valence electrons. The first-order valence-corrected chi connectivity index (χ1v) is 6.16. The molecule has 18 heavy (non-hydrogen) atoms. The third-order valence-electron chi connectivity index (χ3n) is 3.56. The maximum atomic E-state index is 11.9. The molecule has 0 spiro atoms. The number of likely N-dealkylation sites (tertiary alicyclic amines) is 1. The van der Waals surface area contributed by atoms with E-state index >= 15 is 0 Å². The fourth-order valence-electron chi connectivity index (χ4n) is 2.16. The number of hydrogen-bond acceptors (Lipinski definition) is 4. The molecule has 2 atom stereocenters. The monoisotopic (exact) mass is 257 g/mol. The van der Waals surface area contributed by atoms with Crippen LogP contribution in [0.2, 0.25) is 0 Å². The zero-order valence-electron chi connectivity index (χ0n) is 11.8. The minimum atomic E-state index is -1.64. The highest BCUT2D eigenvalue weighted by molar-refractivity contribution is 5.82. The lowest BCUT2D eigenvalue weighted by molar-refractivity contribution is -0.163. The van der Waals surface area contributed by atoms with Gasteiger partial charge < -0.3 is 14.7 Å². The van der Waals surface area contributed by atoms with E-state index in [4.69, 9.17) is 0 Å². The Hall–Kier alpha value is -1.10. The van der Waals surface area contributed by atoms with Crippen LogP contribution in [-0.4, -0.2) is 47.7 Å². The molecule has 1 aliphatic heterocycles. The van der Waals surface area contributed by atoms with Crippen LogP contribution in [0.4, 0.5) is 0 Å². The van der Waals surface area contributed by atoms with E-state index in [-0.39, 0.29) is 23.8 Å². The molecule has 5 nitrogen and oxygen atoms in total. The first kappa shape index (κ1) is 15.0. The van der Waals surface area contributed by atoms with E-state index in [1.54, 1.807) is 4.90 Å². The second kappa shape index (κ2) is 4.88. The van der Waals surface area contributed by atoms with Crippen molar-refractivity contribution in [3.63, 3.8) is 0 Å².